The molecule has 2 amide bonds. The predicted molar refractivity (Wildman–Crippen MR) is 142 cm³/mol. The van der Waals surface area contributed by atoms with Gasteiger partial charge in [-0.1, -0.05) is 36.4 Å². The highest BCUT2D eigenvalue weighted by atomic mass is 16.6. The van der Waals surface area contributed by atoms with E-state index < -0.39 is 60.1 Å². The maximum atomic E-state index is 13.4. The molecule has 0 radical (unpaired) electrons. The third-order valence-electron chi connectivity index (χ3n) is 5.43. The standard InChI is InChI=1S/C28H32N2O10/c1-15-11-7-9-13-21(15)29-27(35)25(39-19(5)33)23(37-17(3)31)24(38-18(4)32)26(40-20(6)34)28(36)30-22-14-10-8-12-16(22)2/h7-14,23-26H,1-6H3,(H,29,35)(H,30,36)/t23-,24-,25-,26+/m0/s1. The summed E-state index contributed by atoms with van der Waals surface area (Å²) in [7, 11) is 0. The van der Waals surface area contributed by atoms with Crippen molar-refractivity contribution in [1.82, 2.24) is 0 Å². The molecule has 12 heteroatoms. The van der Waals surface area contributed by atoms with Gasteiger partial charge < -0.3 is 29.6 Å². The van der Waals surface area contributed by atoms with Gasteiger partial charge in [0.05, 0.1) is 0 Å². The maximum Gasteiger partial charge on any atom is 0.303 e. The molecule has 0 unspecified atom stereocenters. The Kier molecular flexibility index (Phi) is 11.4. The maximum absolute atomic E-state index is 13.4. The zero-order valence-electron chi connectivity index (χ0n) is 23.0. The summed E-state index contributed by atoms with van der Waals surface area (Å²) in [6, 6.07) is 13.4. The zero-order chi connectivity index (χ0) is 30.0. The van der Waals surface area contributed by atoms with Gasteiger partial charge in [-0.15, -0.1) is 0 Å². The molecule has 0 bridgehead atoms. The molecule has 0 aliphatic carbocycles. The van der Waals surface area contributed by atoms with Crippen molar-refractivity contribution in [2.45, 2.75) is 66.0 Å². The summed E-state index contributed by atoms with van der Waals surface area (Å²) in [5.74, 6) is -5.76. The van der Waals surface area contributed by atoms with Gasteiger partial charge in [-0.05, 0) is 37.1 Å². The lowest BCUT2D eigenvalue weighted by Crippen LogP contribution is -2.57. The predicted octanol–water partition coefficient (Wildman–Crippen LogP) is 2.61. The van der Waals surface area contributed by atoms with E-state index in [9.17, 15) is 28.8 Å². The molecule has 2 rings (SSSR count). The molecule has 0 heterocycles. The second-order valence-electron chi connectivity index (χ2n) is 8.82. The van der Waals surface area contributed by atoms with Gasteiger partial charge >= 0.3 is 23.9 Å². The SMILES string of the molecule is CC(=O)O[C@@H]([C@H](OC(C)=O)[C@@H](OC(C)=O)C(=O)Nc1ccccc1C)[C@H](OC(C)=O)C(=O)Nc1ccccc1C. The molecule has 4 atom stereocenters. The minimum absolute atomic E-state index is 0.351. The Balaban J connectivity index is 2.62. The van der Waals surface area contributed by atoms with E-state index in [0.29, 0.717) is 22.5 Å². The topological polar surface area (TPSA) is 163 Å². The number of para-hydroxylation sites is 2. The van der Waals surface area contributed by atoms with Crippen molar-refractivity contribution in [3.63, 3.8) is 0 Å². The molecule has 2 aromatic rings. The quantitative estimate of drug-likeness (QED) is 0.311. The Hall–Kier alpha value is -4.74. The van der Waals surface area contributed by atoms with Gasteiger partial charge in [-0.3, -0.25) is 28.8 Å². The van der Waals surface area contributed by atoms with Crippen LogP contribution < -0.4 is 10.6 Å². The molecule has 0 spiro atoms. The first-order valence-electron chi connectivity index (χ1n) is 12.2. The molecule has 0 saturated carbocycles. The molecule has 0 aromatic heterocycles. The van der Waals surface area contributed by atoms with Crippen molar-refractivity contribution < 1.29 is 47.7 Å². The lowest BCUT2D eigenvalue weighted by molar-refractivity contribution is -0.198. The van der Waals surface area contributed by atoms with Crippen LogP contribution in [0.5, 0.6) is 0 Å². The van der Waals surface area contributed by atoms with Crippen LogP contribution in [0.15, 0.2) is 48.5 Å². The summed E-state index contributed by atoms with van der Waals surface area (Å²) in [6.45, 7) is 7.44. The van der Waals surface area contributed by atoms with Crippen LogP contribution in [0.3, 0.4) is 0 Å². The van der Waals surface area contributed by atoms with Gasteiger partial charge in [-0.25, -0.2) is 0 Å². The molecule has 214 valence electrons. The number of anilines is 2. The summed E-state index contributed by atoms with van der Waals surface area (Å²) in [4.78, 5) is 75.3. The Morgan fingerprint density at radius 2 is 0.825 bits per heavy atom. The summed E-state index contributed by atoms with van der Waals surface area (Å²) in [6.07, 6.45) is -7.70. The Morgan fingerprint density at radius 3 is 1.10 bits per heavy atom. The fourth-order valence-electron chi connectivity index (χ4n) is 3.72. The van der Waals surface area contributed by atoms with Gasteiger partial charge in [0.2, 0.25) is 12.2 Å². The van der Waals surface area contributed by atoms with E-state index in [2.05, 4.69) is 10.6 Å². The van der Waals surface area contributed by atoms with Crippen molar-refractivity contribution >= 4 is 47.1 Å². The molecule has 40 heavy (non-hydrogen) atoms. The van der Waals surface area contributed by atoms with E-state index in [0.717, 1.165) is 27.7 Å². The van der Waals surface area contributed by atoms with Crippen molar-refractivity contribution in [2.24, 2.45) is 0 Å². The number of nitrogens with one attached hydrogen (secondary N) is 2. The number of esters is 4. The van der Waals surface area contributed by atoms with Crippen LogP contribution in [0.4, 0.5) is 11.4 Å². The highest BCUT2D eigenvalue weighted by Crippen LogP contribution is 2.24. The van der Waals surface area contributed by atoms with E-state index in [1.807, 2.05) is 0 Å². The number of rotatable bonds is 11. The highest BCUT2D eigenvalue weighted by Gasteiger charge is 2.49. The molecule has 2 aromatic carbocycles. The number of carbonyl (C=O) groups excluding carboxylic acids is 6. The fourth-order valence-corrected chi connectivity index (χ4v) is 3.72. The van der Waals surface area contributed by atoms with Crippen LogP contribution >= 0.6 is 0 Å². The largest absolute Gasteiger partial charge is 0.454 e. The van der Waals surface area contributed by atoms with E-state index in [-0.39, 0.29) is 0 Å². The van der Waals surface area contributed by atoms with Crippen LogP contribution in [0.2, 0.25) is 0 Å². The number of aryl methyl sites for hydroxylation is 2. The van der Waals surface area contributed by atoms with Crippen LogP contribution in [-0.2, 0) is 47.7 Å². The number of hydrogen-bond acceptors (Lipinski definition) is 10. The Morgan fingerprint density at radius 1 is 0.525 bits per heavy atom. The van der Waals surface area contributed by atoms with Gasteiger partial charge in [0.15, 0.2) is 12.2 Å². The Bertz CT molecular complexity index is 1180. The second-order valence-corrected chi connectivity index (χ2v) is 8.82. The normalized spacial score (nSPS) is 13.4. The molecule has 12 nitrogen and oxygen atoms in total. The van der Waals surface area contributed by atoms with E-state index in [4.69, 9.17) is 18.9 Å². The summed E-state index contributed by atoms with van der Waals surface area (Å²) in [5.41, 5.74) is 2.02. The molecule has 2 N–H and O–H groups in total. The summed E-state index contributed by atoms with van der Waals surface area (Å²) >= 11 is 0. The first-order valence-corrected chi connectivity index (χ1v) is 12.2. The molecule has 0 aliphatic heterocycles. The minimum atomic E-state index is -1.94. The average molecular weight is 557 g/mol. The van der Waals surface area contributed by atoms with Gasteiger partial charge in [-0.2, -0.15) is 0 Å². The van der Waals surface area contributed by atoms with E-state index in [1.165, 1.54) is 0 Å². The van der Waals surface area contributed by atoms with Crippen LogP contribution in [-0.4, -0.2) is 60.1 Å². The van der Waals surface area contributed by atoms with Crippen molar-refractivity contribution in [1.29, 1.82) is 0 Å². The first kappa shape index (κ1) is 31.5. The van der Waals surface area contributed by atoms with Gasteiger partial charge in [0.25, 0.3) is 11.8 Å². The van der Waals surface area contributed by atoms with Crippen molar-refractivity contribution in [2.75, 3.05) is 10.6 Å². The number of ether oxygens (including phenoxy) is 4. The average Bonchev–Trinajstić information content (AvgIpc) is 2.85. The summed E-state index contributed by atoms with van der Waals surface area (Å²) < 4.78 is 21.1. The number of carbonyl (C=O) groups is 6. The third kappa shape index (κ3) is 9.22. The lowest BCUT2D eigenvalue weighted by atomic mass is 9.99. The molecule has 0 aliphatic rings. The van der Waals surface area contributed by atoms with Gasteiger partial charge in [0.1, 0.15) is 0 Å². The van der Waals surface area contributed by atoms with Crippen LogP contribution in [0, 0.1) is 13.8 Å². The second kappa shape index (κ2) is 14.4. The van der Waals surface area contributed by atoms with E-state index >= 15 is 0 Å². The fraction of sp³-hybridized carbons (Fsp3) is 0.357. The molecule has 0 fully saturated rings. The third-order valence-corrected chi connectivity index (χ3v) is 5.43. The van der Waals surface area contributed by atoms with E-state index in [1.54, 1.807) is 62.4 Å². The number of hydrogen-bond donors (Lipinski definition) is 2. The van der Waals surface area contributed by atoms with Crippen molar-refractivity contribution in [3.8, 4) is 0 Å². The highest BCUT2D eigenvalue weighted by molar-refractivity contribution is 5.98. The lowest BCUT2D eigenvalue weighted by Gasteiger charge is -2.34. The van der Waals surface area contributed by atoms with Crippen LogP contribution in [0.25, 0.3) is 0 Å². The monoisotopic (exact) mass is 556 g/mol. The Labute approximate surface area is 231 Å². The summed E-state index contributed by atoms with van der Waals surface area (Å²) in [5, 5.41) is 5.16. The smallest absolute Gasteiger partial charge is 0.303 e. The van der Waals surface area contributed by atoms with Crippen molar-refractivity contribution in [3.05, 3.63) is 59.7 Å². The van der Waals surface area contributed by atoms with Gasteiger partial charge in [0, 0.05) is 39.1 Å². The number of benzene rings is 2. The van der Waals surface area contributed by atoms with Crippen LogP contribution in [0.1, 0.15) is 38.8 Å². The zero-order valence-corrected chi connectivity index (χ0v) is 23.0. The molecular formula is C28H32N2O10. The first-order chi connectivity index (χ1) is 18.8. The minimum Gasteiger partial charge on any atom is -0.454 e. The molecular weight excluding hydrogens is 524 g/mol. The molecule has 0 saturated heterocycles. The number of amides is 2.